The molecule has 20 heteroatoms. The van der Waals surface area contributed by atoms with E-state index in [1.807, 2.05) is 0 Å². The van der Waals surface area contributed by atoms with Crippen molar-refractivity contribution < 1.29 is 95.2 Å². The van der Waals surface area contributed by atoms with Gasteiger partial charge in [-0.15, -0.1) is 0 Å². The average Bonchev–Trinajstić information content (AvgIpc) is 3.96. The van der Waals surface area contributed by atoms with Gasteiger partial charge in [0.1, 0.15) is 36.6 Å². The molecule has 0 spiro atoms. The highest BCUT2D eigenvalue weighted by Crippen LogP contribution is 2.36. The molecule has 0 aromatic carbocycles. The van der Waals surface area contributed by atoms with Gasteiger partial charge < -0.3 is 56.8 Å². The molecule has 2 aliphatic heterocycles. The molecule has 0 unspecified atom stereocenters. The number of unbranched alkanes of at least 4 members (excludes halogenated alkanes) is 2. The molecular weight excluding hydrogens is 921 g/mol. The van der Waals surface area contributed by atoms with Crippen LogP contribution in [0.4, 0.5) is 9.59 Å². The van der Waals surface area contributed by atoms with Crippen LogP contribution in [0, 0.1) is 23.7 Å². The maximum absolute atomic E-state index is 13.3. The predicted molar refractivity (Wildman–Crippen MR) is 240 cm³/mol. The van der Waals surface area contributed by atoms with Gasteiger partial charge in [-0.2, -0.15) is 0 Å². The van der Waals surface area contributed by atoms with Crippen LogP contribution in [-0.4, -0.2) is 137 Å². The molecule has 4 atom stereocenters. The Hall–Kier alpha value is -5.24. The van der Waals surface area contributed by atoms with E-state index in [0.717, 1.165) is 12.2 Å². The molecule has 2 heterocycles. The molecule has 0 N–H and O–H groups in total. The third-order valence-corrected chi connectivity index (χ3v) is 14.0. The standard InChI is InChI=1S/C50H70O20/c1-3-41(51)59-25-5-7-27-61-49(57)67-37-21-13-31(14-22-37)45(53)65-35-17-9-33(10-18-35)47(55)69-39-29-63-44-40(30-64-43(39)44)70-48(56)34-11-19-36(20-12-34)66-46(54)32-15-23-38(24-16-32)68-50(58)62-28-8-6-26-60-42(52)4-2/h3-4,31-40,43-44H,1-2,5-30H2/t31?,32?,33?,34?,35?,36?,37?,38?,39-,40-,43-,44-/m1/s1. The van der Waals surface area contributed by atoms with Gasteiger partial charge in [0.25, 0.3) is 0 Å². The molecule has 0 aromatic heterocycles. The van der Waals surface area contributed by atoms with Gasteiger partial charge in [0.2, 0.25) is 0 Å². The van der Waals surface area contributed by atoms with E-state index in [-0.39, 0.29) is 112 Å². The summed E-state index contributed by atoms with van der Waals surface area (Å²) in [5, 5.41) is 0. The van der Waals surface area contributed by atoms with Gasteiger partial charge in [-0.3, -0.25) is 19.2 Å². The fourth-order valence-electron chi connectivity index (χ4n) is 9.83. The summed E-state index contributed by atoms with van der Waals surface area (Å²) in [6.07, 6.45) is 7.29. The van der Waals surface area contributed by atoms with Crippen LogP contribution in [0.25, 0.3) is 0 Å². The fraction of sp³-hybridized carbons (Fsp3) is 0.760. The minimum absolute atomic E-state index is 0.115. The van der Waals surface area contributed by atoms with Crippen molar-refractivity contribution in [3.8, 4) is 0 Å². The minimum Gasteiger partial charge on any atom is -0.463 e. The van der Waals surface area contributed by atoms with E-state index >= 15 is 0 Å². The third kappa shape index (κ3) is 17.0. The predicted octanol–water partition coefficient (Wildman–Crippen LogP) is 6.25. The van der Waals surface area contributed by atoms with Crippen LogP contribution in [-0.2, 0) is 85.6 Å². The van der Waals surface area contributed by atoms with Gasteiger partial charge in [-0.05, 0) is 128 Å². The van der Waals surface area contributed by atoms with Crippen LogP contribution in [0.5, 0.6) is 0 Å². The zero-order valence-corrected chi connectivity index (χ0v) is 40.0. The summed E-state index contributed by atoms with van der Waals surface area (Å²) in [4.78, 5) is 98.9. The van der Waals surface area contributed by atoms with E-state index in [2.05, 4.69) is 13.2 Å². The lowest BCUT2D eigenvalue weighted by Gasteiger charge is -2.31. The van der Waals surface area contributed by atoms with Gasteiger partial charge in [0, 0.05) is 12.2 Å². The summed E-state index contributed by atoms with van der Waals surface area (Å²) in [7, 11) is 0. The smallest absolute Gasteiger partial charge is 0.463 e. The molecule has 2 saturated heterocycles. The summed E-state index contributed by atoms with van der Waals surface area (Å²) in [5.74, 6) is -3.60. The second-order valence-electron chi connectivity index (χ2n) is 18.9. The summed E-state index contributed by atoms with van der Waals surface area (Å²) in [6.45, 7) is 7.58. The first kappa shape index (κ1) is 54.1. The van der Waals surface area contributed by atoms with Crippen molar-refractivity contribution in [1.82, 2.24) is 0 Å². The van der Waals surface area contributed by atoms with Crippen LogP contribution < -0.4 is 0 Å². The Balaban J connectivity index is 0.784. The number of carbonyl (C=O) groups excluding carboxylic acids is 8. The first-order chi connectivity index (χ1) is 33.9. The number of hydrogen-bond acceptors (Lipinski definition) is 20. The monoisotopic (exact) mass is 990 g/mol. The Morgan fingerprint density at radius 2 is 0.643 bits per heavy atom. The molecule has 70 heavy (non-hydrogen) atoms. The summed E-state index contributed by atoms with van der Waals surface area (Å²) >= 11 is 0. The molecule has 20 nitrogen and oxygen atoms in total. The van der Waals surface area contributed by atoms with Crippen LogP contribution >= 0.6 is 0 Å². The zero-order chi connectivity index (χ0) is 49.8. The van der Waals surface area contributed by atoms with Crippen molar-refractivity contribution in [2.75, 3.05) is 39.6 Å². The lowest BCUT2D eigenvalue weighted by Crippen LogP contribution is -2.39. The molecule has 6 rings (SSSR count). The molecule has 6 fully saturated rings. The lowest BCUT2D eigenvalue weighted by atomic mass is 9.86. The maximum Gasteiger partial charge on any atom is 0.508 e. The Labute approximate surface area is 408 Å². The highest BCUT2D eigenvalue weighted by atomic mass is 16.7. The second kappa shape index (κ2) is 28.0. The van der Waals surface area contributed by atoms with Crippen LogP contribution in [0.15, 0.2) is 25.3 Å². The Kier molecular flexibility index (Phi) is 21.6. The highest BCUT2D eigenvalue weighted by molar-refractivity contribution is 5.81. The van der Waals surface area contributed by atoms with E-state index in [9.17, 15) is 38.4 Å². The highest BCUT2D eigenvalue weighted by Gasteiger charge is 2.52. The van der Waals surface area contributed by atoms with E-state index in [1.54, 1.807) is 0 Å². The molecule has 0 amide bonds. The zero-order valence-electron chi connectivity index (χ0n) is 40.0. The number of fused-ring (bicyclic) bond motifs is 1. The summed E-state index contributed by atoms with van der Waals surface area (Å²) < 4.78 is 66.2. The van der Waals surface area contributed by atoms with Crippen molar-refractivity contribution in [2.45, 2.75) is 177 Å². The van der Waals surface area contributed by atoms with Crippen LogP contribution in [0.3, 0.4) is 0 Å². The third-order valence-electron chi connectivity index (χ3n) is 14.0. The Morgan fingerprint density at radius 3 is 0.943 bits per heavy atom. The SMILES string of the molecule is C=CC(=O)OCCCCOC(=O)OC1CCC(C(=O)OC2CCC(C(=O)O[C@@H]3CO[C@H]4[C@@H]3OC[C@H]4OC(=O)C3CCC(OC(=O)C4CCC(OC(=O)OCCCCOC(=O)C=C)CC4)CC3)CC2)CC1. The molecule has 0 aromatic rings. The van der Waals surface area contributed by atoms with Crippen molar-refractivity contribution in [3.05, 3.63) is 25.3 Å². The average molecular weight is 991 g/mol. The molecule has 0 radical (unpaired) electrons. The molecule has 4 aliphatic carbocycles. The molecule has 4 saturated carbocycles. The number of esters is 6. The number of rotatable bonds is 22. The van der Waals surface area contributed by atoms with E-state index < -0.39 is 48.7 Å². The van der Waals surface area contributed by atoms with Gasteiger partial charge in [-0.25, -0.2) is 19.2 Å². The largest absolute Gasteiger partial charge is 0.508 e. The van der Waals surface area contributed by atoms with E-state index in [1.165, 1.54) is 0 Å². The maximum atomic E-state index is 13.3. The number of ether oxygens (including phenoxy) is 12. The lowest BCUT2D eigenvalue weighted by molar-refractivity contribution is -0.164. The number of hydrogen-bond donors (Lipinski definition) is 0. The van der Waals surface area contributed by atoms with E-state index in [0.29, 0.717) is 128 Å². The van der Waals surface area contributed by atoms with Crippen LogP contribution in [0.1, 0.15) is 128 Å². The van der Waals surface area contributed by atoms with Crippen molar-refractivity contribution in [3.63, 3.8) is 0 Å². The molecular formula is C50H70O20. The van der Waals surface area contributed by atoms with Gasteiger partial charge >= 0.3 is 48.1 Å². The summed E-state index contributed by atoms with van der Waals surface area (Å²) in [6, 6.07) is 0. The van der Waals surface area contributed by atoms with E-state index in [4.69, 9.17) is 56.8 Å². The normalized spacial score (nSPS) is 30.5. The second-order valence-corrected chi connectivity index (χ2v) is 18.9. The van der Waals surface area contributed by atoms with Crippen molar-refractivity contribution in [2.24, 2.45) is 23.7 Å². The van der Waals surface area contributed by atoms with Gasteiger partial charge in [0.05, 0.1) is 63.3 Å². The quantitative estimate of drug-likeness (QED) is 0.0503. The fourth-order valence-corrected chi connectivity index (χ4v) is 9.83. The van der Waals surface area contributed by atoms with Crippen molar-refractivity contribution >= 4 is 48.1 Å². The first-order valence-corrected chi connectivity index (χ1v) is 25.2. The molecule has 6 aliphatic rings. The van der Waals surface area contributed by atoms with Crippen molar-refractivity contribution in [1.29, 1.82) is 0 Å². The summed E-state index contributed by atoms with van der Waals surface area (Å²) in [5.41, 5.74) is 0. The minimum atomic E-state index is -0.763. The number of carbonyl (C=O) groups is 8. The molecule has 390 valence electrons. The first-order valence-electron chi connectivity index (χ1n) is 25.2. The Bertz CT molecular complexity index is 1660. The topological polar surface area (TPSA) is 247 Å². The van der Waals surface area contributed by atoms with Gasteiger partial charge in [0.15, 0.2) is 12.2 Å². The van der Waals surface area contributed by atoms with Gasteiger partial charge in [-0.1, -0.05) is 13.2 Å². The Morgan fingerprint density at radius 1 is 0.371 bits per heavy atom. The van der Waals surface area contributed by atoms with Crippen LogP contribution in [0.2, 0.25) is 0 Å². The molecule has 0 bridgehead atoms.